The zero-order valence-corrected chi connectivity index (χ0v) is 68.2. The van der Waals surface area contributed by atoms with Gasteiger partial charge in [0.1, 0.15) is 51.9 Å². The van der Waals surface area contributed by atoms with E-state index in [9.17, 15) is 31.9 Å². The summed E-state index contributed by atoms with van der Waals surface area (Å²) in [6.07, 6.45) is 10.8. The molecule has 6 N–H and O–H groups in total. The lowest BCUT2D eigenvalue weighted by Crippen LogP contribution is -2.42. The first-order valence-corrected chi connectivity index (χ1v) is 39.4. The van der Waals surface area contributed by atoms with Gasteiger partial charge in [0.05, 0.1) is 67.5 Å². The molecule has 119 heavy (non-hydrogen) atoms. The summed E-state index contributed by atoms with van der Waals surface area (Å²) in [7, 11) is 10.6. The van der Waals surface area contributed by atoms with E-state index in [-0.39, 0.29) is 59.6 Å². The Morgan fingerprint density at radius 1 is 0.462 bits per heavy atom. The summed E-state index contributed by atoms with van der Waals surface area (Å²) in [6, 6.07) is 44.0. The summed E-state index contributed by atoms with van der Waals surface area (Å²) in [5, 5.41) is 37.4. The number of hydrogen-bond acceptors (Lipinski definition) is 17. The molecule has 6 amide bonds. The van der Waals surface area contributed by atoms with Gasteiger partial charge >= 0.3 is 18.1 Å². The Labute approximate surface area is 688 Å². The predicted molar refractivity (Wildman–Crippen MR) is 450 cm³/mol. The first kappa shape index (κ1) is 84.5. The molecular weight excluding hydrogens is 1530 g/mol. The Kier molecular flexibility index (Phi) is 27.8. The van der Waals surface area contributed by atoms with Crippen molar-refractivity contribution in [3.63, 3.8) is 0 Å². The van der Waals surface area contributed by atoms with E-state index in [1.165, 1.54) is 24.3 Å². The Bertz CT molecular complexity index is 5380. The van der Waals surface area contributed by atoms with Gasteiger partial charge in [-0.3, -0.25) is 35.3 Å². The third-order valence-electron chi connectivity index (χ3n) is 21.5. The number of aryl methyl sites for hydroxylation is 2. The van der Waals surface area contributed by atoms with Gasteiger partial charge in [-0.1, -0.05) is 84.9 Å². The van der Waals surface area contributed by atoms with Crippen molar-refractivity contribution in [3.8, 4) is 51.0 Å². The minimum atomic E-state index is -0.907. The maximum Gasteiger partial charge on any atom is 0.320 e. The van der Waals surface area contributed by atoms with Crippen molar-refractivity contribution in [1.29, 1.82) is 0 Å². The van der Waals surface area contributed by atoms with E-state index >= 15 is 0 Å². The van der Waals surface area contributed by atoms with E-state index < -0.39 is 17.7 Å². The quantitative estimate of drug-likeness (QED) is 0.0275. The van der Waals surface area contributed by atoms with Crippen LogP contribution in [0.2, 0.25) is 0 Å². The van der Waals surface area contributed by atoms with Gasteiger partial charge < -0.3 is 39.6 Å². The Morgan fingerprint density at radius 2 is 0.891 bits per heavy atom. The van der Waals surface area contributed by atoms with Gasteiger partial charge in [0.2, 0.25) is 5.95 Å². The predicted octanol–water partition coefficient (Wildman–Crippen LogP) is 12.6. The molecule has 3 fully saturated rings. The van der Waals surface area contributed by atoms with Crippen LogP contribution < -0.4 is 36.8 Å². The van der Waals surface area contributed by atoms with Crippen molar-refractivity contribution in [1.82, 2.24) is 89.3 Å². The molecule has 0 radical (unpaired) electrons. The van der Waals surface area contributed by atoms with Crippen LogP contribution in [0.15, 0.2) is 195 Å². The number of likely N-dealkylation sites (tertiary alicyclic amines) is 3. The molecule has 0 saturated carbocycles. The van der Waals surface area contributed by atoms with Gasteiger partial charge in [-0.2, -0.15) is 20.4 Å². The summed E-state index contributed by atoms with van der Waals surface area (Å²) in [5.74, 6) is -0.426. The second-order valence-corrected chi connectivity index (χ2v) is 29.9. The maximum absolute atomic E-state index is 14.1. The SMILES string of the molecule is CCn1cc(-c2nn(-c3ccccc3)c(NC(=O)N[C@@H]3CN(CCOC)C[C@H]3c3cccc(F)c3)c2C)cn1.COCCN1C[C@@H](NC(=O)Nc2c(C)c(-c3cn(C)cn3)nn2-c2ccccc2)[C@H](c2ccc(F)c(F)c2)C1.COCCN1C[C@@H](NC(=O)Nc2c(C)c(-c3cnc(N(C)C)nc3)nn2-c2ccccc2)[C@H](c2ccc(F)cc2)C1. The summed E-state index contributed by atoms with van der Waals surface area (Å²) in [5.41, 5.74) is 11.6. The zero-order chi connectivity index (χ0) is 83.8. The minimum Gasteiger partial charge on any atom is -0.383 e. The monoisotopic (exact) mass is 1620 g/mol. The molecule has 0 aliphatic carbocycles. The molecule has 15 rings (SSSR count). The minimum absolute atomic E-state index is 0.00117. The number of methoxy groups -OCH3 is 3. The van der Waals surface area contributed by atoms with Crippen molar-refractivity contribution in [3.05, 3.63) is 252 Å². The van der Waals surface area contributed by atoms with Gasteiger partial charge in [0.25, 0.3) is 0 Å². The van der Waals surface area contributed by atoms with E-state index in [1.807, 2.05) is 172 Å². The van der Waals surface area contributed by atoms with Gasteiger partial charge in [0.15, 0.2) is 11.6 Å². The molecule has 9 heterocycles. The lowest BCUT2D eigenvalue weighted by molar-refractivity contribution is 0.159. The van der Waals surface area contributed by atoms with Crippen molar-refractivity contribution in [2.45, 2.75) is 70.1 Å². The van der Waals surface area contributed by atoms with E-state index in [4.69, 9.17) is 29.5 Å². The number of anilines is 4. The molecule has 3 aliphatic rings. The highest BCUT2D eigenvalue weighted by Crippen LogP contribution is 2.37. The molecule has 28 nitrogen and oxygen atoms in total. The third kappa shape index (κ3) is 20.6. The van der Waals surface area contributed by atoms with Gasteiger partial charge in [-0.25, -0.2) is 60.9 Å². The Morgan fingerprint density at radius 3 is 1.30 bits per heavy atom. The van der Waals surface area contributed by atoms with Gasteiger partial charge in [0, 0.05) is 178 Å². The van der Waals surface area contributed by atoms with Gasteiger partial charge in [-0.15, -0.1) is 0 Å². The number of carbonyl (C=O) groups is 3. The molecule has 3 aliphatic heterocycles. The Balaban J connectivity index is 0.000000155. The van der Waals surface area contributed by atoms with Crippen molar-refractivity contribution in [2.24, 2.45) is 7.05 Å². The van der Waals surface area contributed by atoms with Crippen LogP contribution in [0.25, 0.3) is 51.0 Å². The fourth-order valence-electron chi connectivity index (χ4n) is 15.3. The van der Waals surface area contributed by atoms with E-state index in [0.29, 0.717) is 105 Å². The molecule has 622 valence electrons. The van der Waals surface area contributed by atoms with Crippen LogP contribution in [0, 0.1) is 44.0 Å². The molecule has 32 heteroatoms. The molecule has 3 saturated heterocycles. The second-order valence-electron chi connectivity index (χ2n) is 29.9. The fourth-order valence-corrected chi connectivity index (χ4v) is 15.3. The summed E-state index contributed by atoms with van der Waals surface area (Å²) < 4.78 is 80.0. The number of imidazole rings is 1. The molecule has 6 aromatic carbocycles. The topological polar surface area (TPSA) is 279 Å². The van der Waals surface area contributed by atoms with Crippen molar-refractivity contribution in [2.75, 3.05) is 135 Å². The normalized spacial score (nSPS) is 17.3. The standard InChI is InChI=1S/C30H35FN8O2.C29H34FN7O2.C28H31F2N7O2/c1-20-27(22-16-32-29(33-17-22)37(2)3)36-39(24-8-6-5-7-9-24)28(20)35-30(40)34-26-19-38(14-15-41-4)18-25(26)21-10-12-23(31)13-11-21;1-4-36-17-22(16-31-36)27-20(2)28(37(34-27)24-11-6-5-7-12-24)33-29(38)32-26-19-35(13-14-39-3)18-25(26)21-9-8-10-23(30)15-21;1-18-26(25-15-35(2)17-31-25)34-37(20-7-5-4-6-8-20)27(18)33-28(38)32-24-16-36(11-12-39-3)14-21(24)19-9-10-22(29)23(30)13-19/h5-13,16-17,25-26H,14-15,18-19H2,1-4H3,(H2,34,35,40);5-12,15-17,25-26H,4,13-14,18-19H2,1-3H3,(H2,32,33,38);4-10,13,15,17,21,24H,11-12,14,16H2,1-3H3,(H2,32,33,38)/t2*25-,26+;21-,24+/m000/s1. The largest absolute Gasteiger partial charge is 0.383 e. The van der Waals surface area contributed by atoms with Crippen LogP contribution in [0.4, 0.5) is 55.3 Å². The molecular formula is C87H100F4N22O6. The van der Waals surface area contributed by atoms with Crippen LogP contribution in [-0.4, -0.2) is 224 Å². The molecule has 0 bridgehead atoms. The number of nitrogens with zero attached hydrogens (tertiary/aromatic N) is 16. The highest BCUT2D eigenvalue weighted by atomic mass is 19.2. The average Bonchev–Trinajstić information content (AvgIpc) is 1.64. The lowest BCUT2D eigenvalue weighted by Gasteiger charge is -2.21. The first-order chi connectivity index (χ1) is 57.6. The number of para-hydroxylation sites is 3. The molecule has 6 atom stereocenters. The number of urea groups is 3. The van der Waals surface area contributed by atoms with E-state index in [1.54, 1.807) is 90.6 Å². The number of hydrogen-bond donors (Lipinski definition) is 6. The first-order valence-electron chi connectivity index (χ1n) is 39.4. The Hall–Kier alpha value is -12.5. The number of amides is 6. The summed E-state index contributed by atoms with van der Waals surface area (Å²) >= 11 is 0. The van der Waals surface area contributed by atoms with Crippen LogP contribution >= 0.6 is 0 Å². The number of ether oxygens (including phenoxy) is 3. The molecule has 0 unspecified atom stereocenters. The molecule has 6 aromatic heterocycles. The van der Waals surface area contributed by atoms with Gasteiger partial charge in [-0.05, 0) is 117 Å². The number of carbonyl (C=O) groups excluding carboxylic acids is 3. The summed E-state index contributed by atoms with van der Waals surface area (Å²) in [4.78, 5) is 62.2. The summed E-state index contributed by atoms with van der Waals surface area (Å²) in [6.45, 7) is 16.2. The van der Waals surface area contributed by atoms with E-state index in [2.05, 4.69) is 66.7 Å². The fraction of sp³-hybridized carbons (Fsp3) is 0.333. The highest BCUT2D eigenvalue weighted by Gasteiger charge is 2.39. The van der Waals surface area contributed by atoms with Crippen LogP contribution in [0.3, 0.4) is 0 Å². The molecule has 0 spiro atoms. The van der Waals surface area contributed by atoms with Crippen molar-refractivity contribution >= 4 is 41.5 Å². The number of nitrogens with one attached hydrogen (secondary N) is 6. The number of rotatable bonds is 26. The zero-order valence-electron chi connectivity index (χ0n) is 68.2. The smallest absolute Gasteiger partial charge is 0.320 e. The van der Waals surface area contributed by atoms with Crippen molar-refractivity contribution < 1.29 is 46.2 Å². The second kappa shape index (κ2) is 39.2. The number of benzene rings is 6. The molecule has 12 aromatic rings. The average molecular weight is 1630 g/mol. The lowest BCUT2D eigenvalue weighted by atomic mass is 9.94. The van der Waals surface area contributed by atoms with Crippen LogP contribution in [-0.2, 0) is 27.8 Å². The number of aromatic nitrogens is 12. The highest BCUT2D eigenvalue weighted by molar-refractivity contribution is 5.93. The van der Waals surface area contributed by atoms with Crippen LogP contribution in [0.5, 0.6) is 0 Å². The number of halogens is 4. The van der Waals surface area contributed by atoms with E-state index in [0.717, 1.165) is 93.9 Å². The maximum atomic E-state index is 14.1. The third-order valence-corrected chi connectivity index (χ3v) is 21.5. The van der Waals surface area contributed by atoms with Crippen LogP contribution in [0.1, 0.15) is 58.1 Å².